The van der Waals surface area contributed by atoms with Crippen LogP contribution in [0, 0.1) is 5.82 Å². The first-order valence-corrected chi connectivity index (χ1v) is 7.41. The van der Waals surface area contributed by atoms with Gasteiger partial charge in [0.25, 0.3) is 0 Å². The molecule has 0 saturated carbocycles. The van der Waals surface area contributed by atoms with Crippen molar-refractivity contribution in [3.63, 3.8) is 0 Å². The third-order valence-corrected chi connectivity index (χ3v) is 4.09. The second-order valence-corrected chi connectivity index (χ2v) is 6.10. The number of benzene rings is 1. The molecule has 1 unspecified atom stereocenters. The molecular weight excluding hydrogens is 314 g/mol. The SMILES string of the molecule is CC(C)c1nn(C)c(Cl)c1C(O)Cc1ccc(Cl)c(F)c1. The number of halogens is 3. The Morgan fingerprint density at radius 3 is 2.57 bits per heavy atom. The van der Waals surface area contributed by atoms with Crippen LogP contribution in [-0.2, 0) is 13.5 Å². The summed E-state index contributed by atoms with van der Waals surface area (Å²) in [6.45, 7) is 3.97. The highest BCUT2D eigenvalue weighted by atomic mass is 35.5. The molecule has 1 aromatic carbocycles. The fraction of sp³-hybridized carbons (Fsp3) is 0.400. The van der Waals surface area contributed by atoms with Crippen LogP contribution in [0.15, 0.2) is 18.2 Å². The molecule has 1 aromatic heterocycles. The number of aliphatic hydroxyl groups excluding tert-OH is 1. The van der Waals surface area contributed by atoms with Crippen molar-refractivity contribution in [3.8, 4) is 0 Å². The molecule has 3 nitrogen and oxygen atoms in total. The van der Waals surface area contributed by atoms with Gasteiger partial charge in [-0.05, 0) is 23.6 Å². The predicted octanol–water partition coefficient (Wildman–Crippen LogP) is 4.27. The number of aromatic nitrogens is 2. The fourth-order valence-corrected chi connectivity index (χ4v) is 2.64. The van der Waals surface area contributed by atoms with Crippen molar-refractivity contribution in [2.75, 3.05) is 0 Å². The molecule has 0 spiro atoms. The Morgan fingerprint density at radius 1 is 1.33 bits per heavy atom. The van der Waals surface area contributed by atoms with Gasteiger partial charge in [0, 0.05) is 19.0 Å². The minimum absolute atomic E-state index is 0.0653. The van der Waals surface area contributed by atoms with E-state index in [1.807, 2.05) is 13.8 Å². The van der Waals surface area contributed by atoms with Crippen molar-refractivity contribution in [2.45, 2.75) is 32.3 Å². The number of nitrogens with zero attached hydrogens (tertiary/aromatic N) is 2. The monoisotopic (exact) mass is 330 g/mol. The van der Waals surface area contributed by atoms with Gasteiger partial charge in [0.15, 0.2) is 0 Å². The highest BCUT2D eigenvalue weighted by Crippen LogP contribution is 2.32. The molecule has 2 aromatic rings. The molecule has 0 aliphatic rings. The van der Waals surface area contributed by atoms with E-state index in [4.69, 9.17) is 23.2 Å². The minimum Gasteiger partial charge on any atom is -0.388 e. The second-order valence-electron chi connectivity index (χ2n) is 5.34. The first-order valence-electron chi connectivity index (χ1n) is 6.65. The van der Waals surface area contributed by atoms with E-state index in [0.29, 0.717) is 16.3 Å². The summed E-state index contributed by atoms with van der Waals surface area (Å²) < 4.78 is 15.0. The van der Waals surface area contributed by atoms with E-state index < -0.39 is 11.9 Å². The summed E-state index contributed by atoms with van der Waals surface area (Å²) in [7, 11) is 1.73. The van der Waals surface area contributed by atoms with Crippen LogP contribution in [0.1, 0.15) is 42.7 Å². The standard InChI is InChI=1S/C15H17Cl2FN2O/c1-8(2)14-13(15(17)20(3)19-14)12(21)7-9-4-5-10(16)11(18)6-9/h4-6,8,12,21H,7H2,1-3H3. The zero-order valence-electron chi connectivity index (χ0n) is 12.1. The van der Waals surface area contributed by atoms with Gasteiger partial charge in [-0.2, -0.15) is 5.10 Å². The maximum absolute atomic E-state index is 13.5. The van der Waals surface area contributed by atoms with E-state index in [1.165, 1.54) is 16.8 Å². The van der Waals surface area contributed by atoms with Gasteiger partial charge in [0.05, 0.1) is 16.8 Å². The normalized spacial score (nSPS) is 13.0. The van der Waals surface area contributed by atoms with Crippen LogP contribution in [0.3, 0.4) is 0 Å². The lowest BCUT2D eigenvalue weighted by Crippen LogP contribution is -2.06. The van der Waals surface area contributed by atoms with Gasteiger partial charge in [0.1, 0.15) is 11.0 Å². The quantitative estimate of drug-likeness (QED) is 0.909. The highest BCUT2D eigenvalue weighted by Gasteiger charge is 2.23. The first-order chi connectivity index (χ1) is 9.81. The number of hydrogen-bond donors (Lipinski definition) is 1. The lowest BCUT2D eigenvalue weighted by Gasteiger charge is -2.13. The van der Waals surface area contributed by atoms with Crippen molar-refractivity contribution in [1.29, 1.82) is 0 Å². The Bertz CT molecular complexity index is 655. The van der Waals surface area contributed by atoms with Crippen LogP contribution >= 0.6 is 23.2 Å². The Balaban J connectivity index is 2.31. The molecule has 0 aliphatic heterocycles. The van der Waals surface area contributed by atoms with Crippen LogP contribution < -0.4 is 0 Å². The summed E-state index contributed by atoms with van der Waals surface area (Å²) in [4.78, 5) is 0. The van der Waals surface area contributed by atoms with Crippen LogP contribution in [0.2, 0.25) is 10.2 Å². The largest absolute Gasteiger partial charge is 0.388 e. The first kappa shape index (κ1) is 16.3. The van der Waals surface area contributed by atoms with Crippen molar-refractivity contribution in [3.05, 3.63) is 51.0 Å². The van der Waals surface area contributed by atoms with Crippen LogP contribution in [-0.4, -0.2) is 14.9 Å². The molecule has 0 radical (unpaired) electrons. The van der Waals surface area contributed by atoms with E-state index in [2.05, 4.69) is 5.10 Å². The number of aryl methyl sites for hydroxylation is 1. The van der Waals surface area contributed by atoms with E-state index in [1.54, 1.807) is 13.1 Å². The topological polar surface area (TPSA) is 38.0 Å². The molecule has 0 fully saturated rings. The van der Waals surface area contributed by atoms with Crippen molar-refractivity contribution in [1.82, 2.24) is 9.78 Å². The molecular formula is C15H17Cl2FN2O. The van der Waals surface area contributed by atoms with E-state index >= 15 is 0 Å². The summed E-state index contributed by atoms with van der Waals surface area (Å²) in [6, 6.07) is 4.49. The summed E-state index contributed by atoms with van der Waals surface area (Å²) in [5.41, 5.74) is 2.01. The predicted molar refractivity (Wildman–Crippen MR) is 82.4 cm³/mol. The number of aliphatic hydroxyl groups is 1. The van der Waals surface area contributed by atoms with Crippen LogP contribution in [0.4, 0.5) is 4.39 Å². The summed E-state index contributed by atoms with van der Waals surface area (Å²) >= 11 is 11.9. The van der Waals surface area contributed by atoms with Crippen LogP contribution in [0.5, 0.6) is 0 Å². The highest BCUT2D eigenvalue weighted by molar-refractivity contribution is 6.30. The maximum atomic E-state index is 13.5. The summed E-state index contributed by atoms with van der Waals surface area (Å²) in [5, 5.41) is 15.3. The Morgan fingerprint density at radius 2 is 2.00 bits per heavy atom. The summed E-state index contributed by atoms with van der Waals surface area (Å²) in [5.74, 6) is -0.363. The van der Waals surface area contributed by atoms with E-state index in [0.717, 1.165) is 5.69 Å². The van der Waals surface area contributed by atoms with Crippen LogP contribution in [0.25, 0.3) is 0 Å². The van der Waals surface area contributed by atoms with Gasteiger partial charge in [-0.15, -0.1) is 0 Å². The smallest absolute Gasteiger partial charge is 0.142 e. The van der Waals surface area contributed by atoms with Gasteiger partial charge < -0.3 is 5.11 Å². The zero-order chi connectivity index (χ0) is 15.7. The molecule has 1 heterocycles. The van der Waals surface area contributed by atoms with Gasteiger partial charge >= 0.3 is 0 Å². The van der Waals surface area contributed by atoms with Crippen molar-refractivity contribution < 1.29 is 9.50 Å². The third kappa shape index (κ3) is 3.39. The third-order valence-electron chi connectivity index (χ3n) is 3.33. The lowest BCUT2D eigenvalue weighted by atomic mass is 9.97. The van der Waals surface area contributed by atoms with E-state index in [-0.39, 0.29) is 17.4 Å². The molecule has 1 N–H and O–H groups in total. The average molecular weight is 331 g/mol. The molecule has 0 amide bonds. The van der Waals surface area contributed by atoms with E-state index in [9.17, 15) is 9.50 Å². The zero-order valence-corrected chi connectivity index (χ0v) is 13.6. The van der Waals surface area contributed by atoms with Gasteiger partial charge in [0.2, 0.25) is 0 Å². The van der Waals surface area contributed by atoms with Gasteiger partial charge in [-0.1, -0.05) is 43.1 Å². The Hall–Kier alpha value is -1.10. The molecule has 2 rings (SSSR count). The van der Waals surface area contributed by atoms with Crippen molar-refractivity contribution >= 4 is 23.2 Å². The average Bonchev–Trinajstić information content (AvgIpc) is 2.70. The molecule has 114 valence electrons. The Labute approximate surface area is 133 Å². The molecule has 0 bridgehead atoms. The fourth-order valence-electron chi connectivity index (χ4n) is 2.27. The molecule has 0 aliphatic carbocycles. The van der Waals surface area contributed by atoms with Crippen molar-refractivity contribution in [2.24, 2.45) is 7.05 Å². The number of hydrogen-bond acceptors (Lipinski definition) is 2. The summed E-state index contributed by atoms with van der Waals surface area (Å²) in [6.07, 6.45) is -0.594. The maximum Gasteiger partial charge on any atom is 0.142 e. The van der Waals surface area contributed by atoms with Gasteiger partial charge in [-0.25, -0.2) is 4.39 Å². The molecule has 0 saturated heterocycles. The molecule has 1 atom stereocenters. The number of rotatable bonds is 4. The second kappa shape index (κ2) is 6.34. The van der Waals surface area contributed by atoms with Gasteiger partial charge in [-0.3, -0.25) is 4.68 Å². The Kier molecular flexibility index (Phi) is 4.91. The lowest BCUT2D eigenvalue weighted by molar-refractivity contribution is 0.177. The molecule has 6 heteroatoms. The minimum atomic E-state index is -0.843. The molecule has 21 heavy (non-hydrogen) atoms.